The SMILES string of the molecule is Cc1ccc2[nH]c(O)c(C=Nc3cccc(Cl)c3Cl)c2c1. The van der Waals surface area contributed by atoms with Crippen LogP contribution in [0, 0.1) is 6.92 Å². The van der Waals surface area contributed by atoms with Crippen LogP contribution in [0.5, 0.6) is 5.88 Å². The summed E-state index contributed by atoms with van der Waals surface area (Å²) >= 11 is 12.1. The number of H-pyrrole nitrogens is 1. The topological polar surface area (TPSA) is 48.4 Å². The number of aromatic nitrogens is 1. The standard InChI is InChI=1S/C16H12Cl2N2O/c1-9-5-6-13-10(7-9)11(16(21)20-13)8-19-14-4-2-3-12(17)15(14)18/h2-8,20-21H,1H3. The molecule has 3 nitrogen and oxygen atoms in total. The first kappa shape index (κ1) is 14.0. The number of rotatable bonds is 2. The van der Waals surface area contributed by atoms with Gasteiger partial charge in [0.1, 0.15) is 0 Å². The fourth-order valence-electron chi connectivity index (χ4n) is 2.17. The molecule has 0 amide bonds. The molecule has 1 heterocycles. The predicted molar refractivity (Wildman–Crippen MR) is 88.4 cm³/mol. The molecule has 0 aliphatic heterocycles. The van der Waals surface area contributed by atoms with Gasteiger partial charge in [-0.1, -0.05) is 40.9 Å². The van der Waals surface area contributed by atoms with E-state index in [1.54, 1.807) is 24.4 Å². The predicted octanol–water partition coefficient (Wildman–Crippen LogP) is 5.24. The van der Waals surface area contributed by atoms with Gasteiger partial charge in [0.15, 0.2) is 5.88 Å². The average Bonchev–Trinajstić information content (AvgIpc) is 2.76. The fraction of sp³-hybridized carbons (Fsp3) is 0.0625. The molecular formula is C16H12Cl2N2O. The number of hydrogen-bond donors (Lipinski definition) is 2. The number of aromatic hydroxyl groups is 1. The summed E-state index contributed by atoms with van der Waals surface area (Å²) in [5, 5.41) is 11.8. The number of hydrogen-bond acceptors (Lipinski definition) is 2. The minimum atomic E-state index is 0.0810. The third kappa shape index (κ3) is 2.62. The Hall–Kier alpha value is -1.97. The van der Waals surface area contributed by atoms with Crippen molar-refractivity contribution in [2.75, 3.05) is 0 Å². The van der Waals surface area contributed by atoms with E-state index >= 15 is 0 Å². The second kappa shape index (κ2) is 5.43. The molecular weight excluding hydrogens is 307 g/mol. The first-order valence-corrected chi connectivity index (χ1v) is 7.11. The molecule has 5 heteroatoms. The Bertz CT molecular complexity index is 853. The molecule has 2 aromatic carbocycles. The van der Waals surface area contributed by atoms with Crippen molar-refractivity contribution in [3.8, 4) is 5.88 Å². The lowest BCUT2D eigenvalue weighted by molar-refractivity contribution is 0.457. The van der Waals surface area contributed by atoms with Gasteiger partial charge in [0.2, 0.25) is 0 Å². The van der Waals surface area contributed by atoms with Crippen LogP contribution >= 0.6 is 23.2 Å². The van der Waals surface area contributed by atoms with E-state index in [9.17, 15) is 5.11 Å². The monoisotopic (exact) mass is 318 g/mol. The van der Waals surface area contributed by atoms with Gasteiger partial charge in [-0.25, -0.2) is 0 Å². The van der Waals surface area contributed by atoms with Gasteiger partial charge in [-0.05, 0) is 31.2 Å². The number of aromatic amines is 1. The molecule has 21 heavy (non-hydrogen) atoms. The highest BCUT2D eigenvalue weighted by Crippen LogP contribution is 2.32. The van der Waals surface area contributed by atoms with E-state index in [0.717, 1.165) is 16.5 Å². The van der Waals surface area contributed by atoms with Crippen molar-refractivity contribution in [1.82, 2.24) is 4.98 Å². The lowest BCUT2D eigenvalue weighted by atomic mass is 10.1. The lowest BCUT2D eigenvalue weighted by Gasteiger charge is -1.99. The largest absolute Gasteiger partial charge is 0.494 e. The average molecular weight is 319 g/mol. The van der Waals surface area contributed by atoms with Gasteiger partial charge in [0.05, 0.1) is 21.3 Å². The maximum atomic E-state index is 10.0. The Kier molecular flexibility index (Phi) is 3.62. The fourth-order valence-corrected chi connectivity index (χ4v) is 2.51. The molecule has 0 bridgehead atoms. The highest BCUT2D eigenvalue weighted by Gasteiger charge is 2.09. The summed E-state index contributed by atoms with van der Waals surface area (Å²) in [5.41, 5.74) is 3.16. The summed E-state index contributed by atoms with van der Waals surface area (Å²) < 4.78 is 0. The van der Waals surface area contributed by atoms with Crippen molar-refractivity contribution in [2.45, 2.75) is 6.92 Å². The van der Waals surface area contributed by atoms with Crippen LogP contribution in [-0.4, -0.2) is 16.3 Å². The normalized spacial score (nSPS) is 11.6. The summed E-state index contributed by atoms with van der Waals surface area (Å²) in [5.74, 6) is 0.0810. The van der Waals surface area contributed by atoms with E-state index in [2.05, 4.69) is 9.98 Å². The van der Waals surface area contributed by atoms with Crippen LogP contribution in [0.4, 0.5) is 5.69 Å². The van der Waals surface area contributed by atoms with E-state index in [1.165, 1.54) is 0 Å². The molecule has 0 saturated heterocycles. The number of aliphatic imine (C=N–C) groups is 1. The second-order valence-electron chi connectivity index (χ2n) is 4.77. The molecule has 0 fully saturated rings. The van der Waals surface area contributed by atoms with Crippen molar-refractivity contribution in [3.63, 3.8) is 0 Å². The Morgan fingerprint density at radius 2 is 2.00 bits per heavy atom. The zero-order valence-corrected chi connectivity index (χ0v) is 12.7. The number of benzene rings is 2. The quantitative estimate of drug-likeness (QED) is 0.624. The number of nitrogens with zero attached hydrogens (tertiary/aromatic N) is 1. The molecule has 0 radical (unpaired) electrons. The van der Waals surface area contributed by atoms with Gasteiger partial charge < -0.3 is 10.1 Å². The van der Waals surface area contributed by atoms with Crippen molar-refractivity contribution < 1.29 is 5.11 Å². The zero-order chi connectivity index (χ0) is 15.0. The van der Waals surface area contributed by atoms with Crippen LogP contribution in [0.2, 0.25) is 10.0 Å². The van der Waals surface area contributed by atoms with Crippen molar-refractivity contribution in [2.24, 2.45) is 4.99 Å². The molecule has 0 saturated carbocycles. The van der Waals surface area contributed by atoms with Gasteiger partial charge >= 0.3 is 0 Å². The Morgan fingerprint density at radius 3 is 2.81 bits per heavy atom. The Labute approximate surface area is 131 Å². The molecule has 106 valence electrons. The molecule has 0 spiro atoms. The highest BCUT2D eigenvalue weighted by molar-refractivity contribution is 6.43. The number of aryl methyl sites for hydroxylation is 1. The van der Waals surface area contributed by atoms with Crippen molar-refractivity contribution >= 4 is 46.0 Å². The number of fused-ring (bicyclic) bond motifs is 1. The lowest BCUT2D eigenvalue weighted by Crippen LogP contribution is -1.80. The summed E-state index contributed by atoms with van der Waals surface area (Å²) in [7, 11) is 0. The van der Waals surface area contributed by atoms with E-state index in [4.69, 9.17) is 23.2 Å². The van der Waals surface area contributed by atoms with Crippen LogP contribution < -0.4 is 0 Å². The van der Waals surface area contributed by atoms with Crippen LogP contribution in [-0.2, 0) is 0 Å². The molecule has 3 rings (SSSR count). The van der Waals surface area contributed by atoms with Crippen LogP contribution in [0.25, 0.3) is 10.9 Å². The van der Waals surface area contributed by atoms with E-state index in [-0.39, 0.29) is 5.88 Å². The van der Waals surface area contributed by atoms with Crippen molar-refractivity contribution in [3.05, 3.63) is 57.6 Å². The molecule has 0 atom stereocenters. The Morgan fingerprint density at radius 1 is 1.19 bits per heavy atom. The summed E-state index contributed by atoms with van der Waals surface area (Å²) in [4.78, 5) is 7.25. The molecule has 0 aliphatic rings. The molecule has 3 aromatic rings. The molecule has 0 unspecified atom stereocenters. The number of nitrogens with one attached hydrogen (secondary N) is 1. The minimum Gasteiger partial charge on any atom is -0.494 e. The maximum absolute atomic E-state index is 10.0. The van der Waals surface area contributed by atoms with E-state index < -0.39 is 0 Å². The second-order valence-corrected chi connectivity index (χ2v) is 5.55. The van der Waals surface area contributed by atoms with Gasteiger partial charge in [0.25, 0.3) is 0 Å². The smallest absolute Gasteiger partial charge is 0.198 e. The zero-order valence-electron chi connectivity index (χ0n) is 11.2. The summed E-state index contributed by atoms with van der Waals surface area (Å²) in [6.45, 7) is 2.00. The highest BCUT2D eigenvalue weighted by atomic mass is 35.5. The third-order valence-corrected chi connectivity index (χ3v) is 4.05. The maximum Gasteiger partial charge on any atom is 0.198 e. The van der Waals surface area contributed by atoms with Gasteiger partial charge in [-0.3, -0.25) is 4.99 Å². The van der Waals surface area contributed by atoms with Gasteiger partial charge in [0, 0.05) is 17.1 Å². The summed E-state index contributed by atoms with van der Waals surface area (Å²) in [6.07, 6.45) is 1.59. The minimum absolute atomic E-state index is 0.0810. The number of halogens is 2. The molecule has 2 N–H and O–H groups in total. The Balaban J connectivity index is 2.09. The van der Waals surface area contributed by atoms with Crippen molar-refractivity contribution in [1.29, 1.82) is 0 Å². The van der Waals surface area contributed by atoms with Crippen LogP contribution in [0.3, 0.4) is 0 Å². The van der Waals surface area contributed by atoms with Gasteiger partial charge in [-0.2, -0.15) is 0 Å². The molecule has 1 aromatic heterocycles. The molecule has 0 aliphatic carbocycles. The first-order chi connectivity index (χ1) is 10.1. The first-order valence-electron chi connectivity index (χ1n) is 6.35. The van der Waals surface area contributed by atoms with E-state index in [1.807, 2.05) is 25.1 Å². The van der Waals surface area contributed by atoms with Crippen LogP contribution in [0.15, 0.2) is 41.4 Å². The van der Waals surface area contributed by atoms with E-state index in [0.29, 0.717) is 21.3 Å². The van der Waals surface area contributed by atoms with Gasteiger partial charge in [-0.15, -0.1) is 0 Å². The van der Waals surface area contributed by atoms with Crippen LogP contribution in [0.1, 0.15) is 11.1 Å². The summed E-state index contributed by atoms with van der Waals surface area (Å²) in [6, 6.07) is 11.1. The third-order valence-electron chi connectivity index (χ3n) is 3.24.